The Bertz CT molecular complexity index is 666. The highest BCUT2D eigenvalue weighted by Crippen LogP contribution is 2.20. The van der Waals surface area contributed by atoms with Crippen molar-refractivity contribution < 1.29 is 9.59 Å². The van der Waals surface area contributed by atoms with Crippen molar-refractivity contribution in [1.29, 1.82) is 0 Å². The van der Waals surface area contributed by atoms with Crippen molar-refractivity contribution in [3.63, 3.8) is 0 Å². The molecule has 6 heteroatoms. The van der Waals surface area contributed by atoms with Crippen LogP contribution in [-0.2, 0) is 22.7 Å². The molecule has 2 aliphatic rings. The van der Waals surface area contributed by atoms with Crippen LogP contribution in [0, 0.1) is 5.92 Å². The van der Waals surface area contributed by atoms with Crippen molar-refractivity contribution in [3.8, 4) is 0 Å². The summed E-state index contributed by atoms with van der Waals surface area (Å²) in [7, 11) is 2.17. The maximum absolute atomic E-state index is 12.6. The number of nitrogens with one attached hydrogen (secondary N) is 1. The summed E-state index contributed by atoms with van der Waals surface area (Å²) in [5.74, 6) is -0.0276. The second-order valence-electron chi connectivity index (χ2n) is 8.46. The smallest absolute Gasteiger partial charge is 0.243 e. The lowest BCUT2D eigenvalue weighted by molar-refractivity contribution is -0.140. The van der Waals surface area contributed by atoms with Crippen LogP contribution in [0.3, 0.4) is 0 Å². The van der Waals surface area contributed by atoms with Gasteiger partial charge in [-0.15, -0.1) is 0 Å². The third kappa shape index (κ3) is 5.32. The van der Waals surface area contributed by atoms with E-state index in [2.05, 4.69) is 46.4 Å². The fourth-order valence-electron chi connectivity index (χ4n) is 3.97. The number of likely N-dealkylation sites (N-methyl/N-ethyl adjacent to an activating group) is 1. The zero-order chi connectivity index (χ0) is 20.1. The molecule has 2 saturated heterocycles. The number of amides is 2. The highest BCUT2D eigenvalue weighted by molar-refractivity contribution is 5.88. The molecule has 0 aromatic heterocycles. The largest absolute Gasteiger partial charge is 0.350 e. The van der Waals surface area contributed by atoms with Crippen LogP contribution in [0.1, 0.15) is 37.8 Å². The monoisotopic (exact) mass is 386 g/mol. The first-order chi connectivity index (χ1) is 13.4. The van der Waals surface area contributed by atoms with Crippen LogP contribution in [0.4, 0.5) is 0 Å². The fraction of sp³-hybridized carbons (Fsp3) is 0.636. The SMILES string of the molecule is CC(C)C(=O)N1CCCC1C(=O)NCc1ccc(CN2CCN(C)CC2)cc1. The molecular weight excluding hydrogens is 352 g/mol. The Morgan fingerprint density at radius 3 is 2.32 bits per heavy atom. The van der Waals surface area contributed by atoms with E-state index in [1.54, 1.807) is 4.90 Å². The van der Waals surface area contributed by atoms with Gasteiger partial charge in [0.1, 0.15) is 6.04 Å². The second kappa shape index (κ2) is 9.52. The van der Waals surface area contributed by atoms with Gasteiger partial charge in [0.15, 0.2) is 0 Å². The van der Waals surface area contributed by atoms with Crippen molar-refractivity contribution in [2.75, 3.05) is 39.8 Å². The molecule has 1 unspecified atom stereocenters. The number of carbonyl (C=O) groups is 2. The molecule has 1 N–H and O–H groups in total. The van der Waals surface area contributed by atoms with Crippen LogP contribution in [0.15, 0.2) is 24.3 Å². The number of carbonyl (C=O) groups excluding carboxylic acids is 2. The van der Waals surface area contributed by atoms with Crippen LogP contribution in [0.5, 0.6) is 0 Å². The van der Waals surface area contributed by atoms with Crippen molar-refractivity contribution in [3.05, 3.63) is 35.4 Å². The first-order valence-corrected chi connectivity index (χ1v) is 10.5. The number of rotatable bonds is 6. The molecule has 2 aliphatic heterocycles. The van der Waals surface area contributed by atoms with Crippen molar-refractivity contribution in [2.45, 2.75) is 45.8 Å². The summed E-state index contributed by atoms with van der Waals surface area (Å²) in [5, 5.41) is 3.02. The predicted molar refractivity (Wildman–Crippen MR) is 111 cm³/mol. The standard InChI is InChI=1S/C22H34N4O2/c1-17(2)22(28)26-10-4-5-20(26)21(27)23-15-18-6-8-19(9-7-18)16-25-13-11-24(3)12-14-25/h6-9,17,20H,4-5,10-16H2,1-3H3,(H,23,27). The first kappa shape index (κ1) is 20.8. The summed E-state index contributed by atoms with van der Waals surface area (Å²) >= 11 is 0. The highest BCUT2D eigenvalue weighted by atomic mass is 16.2. The van der Waals surface area contributed by atoms with E-state index in [0.29, 0.717) is 13.1 Å². The van der Waals surface area contributed by atoms with Gasteiger partial charge in [0.25, 0.3) is 0 Å². The van der Waals surface area contributed by atoms with E-state index in [1.807, 2.05) is 13.8 Å². The molecule has 2 heterocycles. The zero-order valence-electron chi connectivity index (χ0n) is 17.5. The van der Waals surface area contributed by atoms with E-state index in [-0.39, 0.29) is 23.8 Å². The second-order valence-corrected chi connectivity index (χ2v) is 8.46. The molecule has 28 heavy (non-hydrogen) atoms. The number of hydrogen-bond donors (Lipinski definition) is 1. The van der Waals surface area contributed by atoms with Crippen LogP contribution in [0.25, 0.3) is 0 Å². The molecule has 2 fully saturated rings. The summed E-state index contributed by atoms with van der Waals surface area (Å²) in [5.41, 5.74) is 2.40. The average molecular weight is 387 g/mol. The molecule has 1 aromatic carbocycles. The molecule has 1 aromatic rings. The number of hydrogen-bond acceptors (Lipinski definition) is 4. The van der Waals surface area contributed by atoms with E-state index < -0.39 is 0 Å². The van der Waals surface area contributed by atoms with E-state index in [4.69, 9.17) is 0 Å². The zero-order valence-corrected chi connectivity index (χ0v) is 17.5. The Balaban J connectivity index is 1.48. The van der Waals surface area contributed by atoms with Gasteiger partial charge >= 0.3 is 0 Å². The maximum Gasteiger partial charge on any atom is 0.243 e. The minimum atomic E-state index is -0.314. The van der Waals surface area contributed by atoms with Crippen molar-refractivity contribution >= 4 is 11.8 Å². The third-order valence-electron chi connectivity index (χ3n) is 5.82. The van der Waals surface area contributed by atoms with Crippen LogP contribution in [-0.4, -0.2) is 72.3 Å². The summed E-state index contributed by atoms with van der Waals surface area (Å²) < 4.78 is 0. The molecular formula is C22H34N4O2. The first-order valence-electron chi connectivity index (χ1n) is 10.5. The van der Waals surface area contributed by atoms with Crippen LogP contribution in [0.2, 0.25) is 0 Å². The molecule has 1 atom stereocenters. The lowest BCUT2D eigenvalue weighted by Crippen LogP contribution is -2.47. The van der Waals surface area contributed by atoms with Gasteiger partial charge in [-0.05, 0) is 31.0 Å². The molecule has 154 valence electrons. The molecule has 0 spiro atoms. The Morgan fingerprint density at radius 2 is 1.68 bits per heavy atom. The van der Waals surface area contributed by atoms with Crippen LogP contribution >= 0.6 is 0 Å². The normalized spacial score (nSPS) is 21.3. The summed E-state index contributed by atoms with van der Waals surface area (Å²) in [6.07, 6.45) is 1.66. The minimum Gasteiger partial charge on any atom is -0.350 e. The van der Waals surface area contributed by atoms with Crippen LogP contribution < -0.4 is 5.32 Å². The summed E-state index contributed by atoms with van der Waals surface area (Å²) in [4.78, 5) is 31.5. The molecule has 2 amide bonds. The minimum absolute atomic E-state index is 0.0342. The highest BCUT2D eigenvalue weighted by Gasteiger charge is 2.34. The van der Waals surface area contributed by atoms with Gasteiger partial charge in [0.2, 0.25) is 11.8 Å². The third-order valence-corrected chi connectivity index (χ3v) is 5.82. The average Bonchev–Trinajstić information content (AvgIpc) is 3.18. The van der Waals surface area contributed by atoms with Gasteiger partial charge in [0.05, 0.1) is 0 Å². The van der Waals surface area contributed by atoms with E-state index in [0.717, 1.165) is 51.1 Å². The van der Waals surface area contributed by atoms with E-state index in [1.165, 1.54) is 5.56 Å². The molecule has 0 aliphatic carbocycles. The summed E-state index contributed by atoms with van der Waals surface area (Å²) in [6.45, 7) is 10.4. The molecule has 6 nitrogen and oxygen atoms in total. The maximum atomic E-state index is 12.6. The van der Waals surface area contributed by atoms with Crippen molar-refractivity contribution in [1.82, 2.24) is 20.0 Å². The Hall–Kier alpha value is -1.92. The van der Waals surface area contributed by atoms with E-state index >= 15 is 0 Å². The lowest BCUT2D eigenvalue weighted by Gasteiger charge is -2.32. The molecule has 0 radical (unpaired) electrons. The predicted octanol–water partition coefficient (Wildman–Crippen LogP) is 1.70. The molecule has 0 saturated carbocycles. The quantitative estimate of drug-likeness (QED) is 0.809. The van der Waals surface area contributed by atoms with Gasteiger partial charge in [0, 0.05) is 51.7 Å². The van der Waals surface area contributed by atoms with Gasteiger partial charge in [-0.25, -0.2) is 0 Å². The lowest BCUT2D eigenvalue weighted by atomic mass is 10.1. The molecule has 0 bridgehead atoms. The molecule has 3 rings (SSSR count). The van der Waals surface area contributed by atoms with Gasteiger partial charge in [-0.2, -0.15) is 0 Å². The number of benzene rings is 1. The van der Waals surface area contributed by atoms with Gasteiger partial charge in [-0.1, -0.05) is 38.1 Å². The van der Waals surface area contributed by atoms with Gasteiger partial charge < -0.3 is 15.1 Å². The number of likely N-dealkylation sites (tertiary alicyclic amines) is 1. The van der Waals surface area contributed by atoms with Gasteiger partial charge in [-0.3, -0.25) is 14.5 Å². The van der Waals surface area contributed by atoms with Crippen molar-refractivity contribution in [2.24, 2.45) is 5.92 Å². The number of nitrogens with zero attached hydrogens (tertiary/aromatic N) is 3. The topological polar surface area (TPSA) is 55.9 Å². The Morgan fingerprint density at radius 1 is 1.04 bits per heavy atom. The number of piperazine rings is 1. The summed E-state index contributed by atoms with van der Waals surface area (Å²) in [6, 6.07) is 8.19. The van der Waals surface area contributed by atoms with E-state index in [9.17, 15) is 9.59 Å². The Kier molecular flexibility index (Phi) is 7.08. The Labute approximate surface area is 168 Å². The fourth-order valence-corrected chi connectivity index (χ4v) is 3.97.